The summed E-state index contributed by atoms with van der Waals surface area (Å²) < 4.78 is 84.5. The molecule has 0 aliphatic heterocycles. The fourth-order valence-electron chi connectivity index (χ4n) is 4.40. The van der Waals surface area contributed by atoms with Gasteiger partial charge < -0.3 is 20.4 Å². The van der Waals surface area contributed by atoms with E-state index in [9.17, 15) is 31.5 Å². The largest absolute Gasteiger partial charge is 0.491 e. The number of aromatic amines is 1. The number of nitrogens with one attached hydrogen (secondary N) is 2. The number of aromatic nitrogens is 5. The van der Waals surface area contributed by atoms with Crippen LogP contribution in [0.5, 0.6) is 5.75 Å². The lowest BCUT2D eigenvalue weighted by atomic mass is 10.1. The van der Waals surface area contributed by atoms with Crippen molar-refractivity contribution < 1.29 is 31.1 Å². The Bertz CT molecular complexity index is 1750. The van der Waals surface area contributed by atoms with Gasteiger partial charge in [0.25, 0.3) is 17.5 Å². The molecule has 0 saturated heterocycles. The number of methoxy groups -OCH3 is 1. The number of halogens is 6. The molecule has 10 nitrogen and oxygen atoms in total. The van der Waals surface area contributed by atoms with Crippen LogP contribution >= 0.6 is 0 Å². The quantitative estimate of drug-likeness (QED) is 0.166. The normalized spacial score (nSPS) is 13.8. The van der Waals surface area contributed by atoms with Gasteiger partial charge in [0.15, 0.2) is 17.4 Å². The first-order valence-corrected chi connectivity index (χ1v) is 13.5. The van der Waals surface area contributed by atoms with E-state index >= 15 is 4.39 Å². The maximum absolute atomic E-state index is 15.0. The molecule has 0 bridgehead atoms. The molecule has 0 spiro atoms. The highest BCUT2D eigenvalue weighted by Crippen LogP contribution is 2.45. The van der Waals surface area contributed by atoms with Gasteiger partial charge in [-0.2, -0.15) is 18.3 Å². The van der Waals surface area contributed by atoms with Crippen LogP contribution in [-0.4, -0.2) is 43.8 Å². The van der Waals surface area contributed by atoms with E-state index in [2.05, 4.69) is 27.3 Å². The second kappa shape index (κ2) is 12.9. The fraction of sp³-hybridized carbons (Fsp3) is 0.393. The SMILES string of the molecule is CCCCCn1ccc2cc(-c3ncc(OC)c(NC4(C(F)F)CC4)n3)c(F)cc2c1=O.Nc1cn[nH]c(=O)c1C(F)(F)F. The Kier molecular flexibility index (Phi) is 9.49. The number of nitrogens with zero attached hydrogens (tertiary/aromatic N) is 4. The number of hydrogen-bond acceptors (Lipinski definition) is 8. The topological polar surface area (TPSA) is 141 Å². The summed E-state index contributed by atoms with van der Waals surface area (Å²) in [6.45, 7) is 2.66. The molecule has 4 aromatic rings. The van der Waals surface area contributed by atoms with E-state index in [-0.39, 0.29) is 33.9 Å². The minimum Gasteiger partial charge on any atom is -0.491 e. The monoisotopic (exact) mass is 625 g/mol. The Morgan fingerprint density at radius 1 is 1.18 bits per heavy atom. The number of unbranched alkanes of at least 4 members (excludes halogenated alkanes) is 2. The zero-order valence-corrected chi connectivity index (χ0v) is 23.6. The van der Waals surface area contributed by atoms with Crippen molar-refractivity contribution in [1.29, 1.82) is 0 Å². The van der Waals surface area contributed by atoms with Crippen molar-refractivity contribution in [1.82, 2.24) is 24.7 Å². The third-order valence-electron chi connectivity index (χ3n) is 7.03. The molecule has 1 saturated carbocycles. The van der Waals surface area contributed by atoms with Crippen LogP contribution in [0.25, 0.3) is 22.2 Å². The smallest absolute Gasteiger partial charge is 0.423 e. The second-order valence-electron chi connectivity index (χ2n) is 10.2. The summed E-state index contributed by atoms with van der Waals surface area (Å²) in [6, 6.07) is 4.45. The standard InChI is InChI=1S/C23H25F3N4O2.C5H4F3N3O/c1-3-4-5-9-30-10-6-14-11-16(17(24)12-15(14)21(30)31)19-27-13-18(32-2)20(28-19)29-23(7-8-23)22(25)26;6-5(7,8)3-2(9)1-10-11-4(3)12/h6,10-13,22H,3-5,7-9H2,1-2H3,(H,27,28,29);1H,(H3,9,11,12). The van der Waals surface area contributed by atoms with Crippen molar-refractivity contribution in [3.8, 4) is 17.1 Å². The Morgan fingerprint density at radius 3 is 2.48 bits per heavy atom. The van der Waals surface area contributed by atoms with Crippen LogP contribution in [0.3, 0.4) is 0 Å². The number of pyridine rings is 1. The number of nitrogen functional groups attached to an aromatic ring is 1. The molecule has 236 valence electrons. The number of alkyl halides is 5. The van der Waals surface area contributed by atoms with Crippen LogP contribution in [0.15, 0.2) is 46.4 Å². The van der Waals surface area contributed by atoms with E-state index in [1.54, 1.807) is 21.9 Å². The van der Waals surface area contributed by atoms with E-state index in [1.165, 1.54) is 25.4 Å². The summed E-state index contributed by atoms with van der Waals surface area (Å²) in [5, 5.41) is 8.32. The summed E-state index contributed by atoms with van der Waals surface area (Å²) >= 11 is 0. The molecule has 1 aliphatic rings. The van der Waals surface area contributed by atoms with Gasteiger partial charge in [-0.25, -0.2) is 28.2 Å². The number of ether oxygens (including phenoxy) is 1. The highest BCUT2D eigenvalue weighted by molar-refractivity contribution is 5.86. The number of rotatable bonds is 9. The van der Waals surface area contributed by atoms with Gasteiger partial charge in [0.05, 0.1) is 41.7 Å². The number of benzene rings is 1. The van der Waals surface area contributed by atoms with Crippen molar-refractivity contribution in [2.24, 2.45) is 0 Å². The molecular formula is C28H29F6N7O3. The Balaban J connectivity index is 0.000000309. The molecule has 3 aromatic heterocycles. The summed E-state index contributed by atoms with van der Waals surface area (Å²) in [7, 11) is 1.38. The molecule has 1 fully saturated rings. The molecule has 1 aromatic carbocycles. The van der Waals surface area contributed by atoms with E-state index in [4.69, 9.17) is 10.5 Å². The molecule has 3 heterocycles. The number of aryl methyl sites for hydroxylation is 1. The van der Waals surface area contributed by atoms with Crippen LogP contribution < -0.4 is 26.9 Å². The maximum Gasteiger partial charge on any atom is 0.423 e. The zero-order chi connectivity index (χ0) is 32.2. The van der Waals surface area contributed by atoms with Crippen LogP contribution in [0.4, 0.5) is 37.8 Å². The molecule has 1 aliphatic carbocycles. The van der Waals surface area contributed by atoms with E-state index in [0.29, 0.717) is 24.8 Å². The lowest BCUT2D eigenvalue weighted by Gasteiger charge is -2.19. The summed E-state index contributed by atoms with van der Waals surface area (Å²) in [6.07, 6.45) is -0.00648. The molecule has 4 N–H and O–H groups in total. The maximum atomic E-state index is 15.0. The number of nitrogens with two attached hydrogens (primary N) is 1. The minimum atomic E-state index is -4.74. The average Bonchev–Trinajstić information content (AvgIpc) is 3.75. The number of fused-ring (bicyclic) bond motifs is 1. The fourth-order valence-corrected chi connectivity index (χ4v) is 4.40. The Labute approximate surface area is 246 Å². The van der Waals surface area contributed by atoms with Crippen LogP contribution in [0.2, 0.25) is 0 Å². The van der Waals surface area contributed by atoms with Gasteiger partial charge in [0.2, 0.25) is 0 Å². The number of hydrogen-bond donors (Lipinski definition) is 3. The Hall–Kier alpha value is -4.63. The predicted octanol–water partition coefficient (Wildman–Crippen LogP) is 5.38. The van der Waals surface area contributed by atoms with Crippen molar-refractivity contribution in [3.63, 3.8) is 0 Å². The lowest BCUT2D eigenvalue weighted by Crippen LogP contribution is -2.30. The highest BCUT2D eigenvalue weighted by Gasteiger charge is 2.52. The van der Waals surface area contributed by atoms with Crippen molar-refractivity contribution in [2.75, 3.05) is 18.2 Å². The second-order valence-corrected chi connectivity index (χ2v) is 10.2. The average molecular weight is 626 g/mol. The van der Waals surface area contributed by atoms with Gasteiger partial charge in [-0.1, -0.05) is 19.8 Å². The van der Waals surface area contributed by atoms with E-state index in [0.717, 1.165) is 25.5 Å². The van der Waals surface area contributed by atoms with Gasteiger partial charge in [0.1, 0.15) is 11.4 Å². The summed E-state index contributed by atoms with van der Waals surface area (Å²) in [5.74, 6) is -0.366. The lowest BCUT2D eigenvalue weighted by molar-refractivity contribution is -0.138. The van der Waals surface area contributed by atoms with Gasteiger partial charge >= 0.3 is 6.18 Å². The molecule has 44 heavy (non-hydrogen) atoms. The third kappa shape index (κ3) is 6.94. The van der Waals surface area contributed by atoms with Crippen LogP contribution in [0.1, 0.15) is 44.6 Å². The molecule has 5 rings (SSSR count). The molecule has 0 unspecified atom stereocenters. The van der Waals surface area contributed by atoms with E-state index in [1.807, 2.05) is 0 Å². The first kappa shape index (κ1) is 32.3. The molecule has 0 radical (unpaired) electrons. The van der Waals surface area contributed by atoms with Gasteiger partial charge in [0, 0.05) is 12.7 Å². The van der Waals surface area contributed by atoms with Crippen LogP contribution in [-0.2, 0) is 12.7 Å². The van der Waals surface area contributed by atoms with Crippen molar-refractivity contribution >= 4 is 22.3 Å². The number of anilines is 2. The summed E-state index contributed by atoms with van der Waals surface area (Å²) in [5.41, 5.74) is -0.0273. The first-order chi connectivity index (χ1) is 20.8. The van der Waals surface area contributed by atoms with Gasteiger partial charge in [-0.05, 0) is 42.8 Å². The predicted molar refractivity (Wildman–Crippen MR) is 151 cm³/mol. The Morgan fingerprint density at radius 2 is 1.91 bits per heavy atom. The van der Waals surface area contributed by atoms with Gasteiger partial charge in [-0.15, -0.1) is 0 Å². The molecule has 16 heteroatoms. The highest BCUT2D eigenvalue weighted by atomic mass is 19.4. The minimum absolute atomic E-state index is 0.0184. The molecule has 0 atom stereocenters. The van der Waals surface area contributed by atoms with Crippen LogP contribution in [0, 0.1) is 5.82 Å². The zero-order valence-electron chi connectivity index (χ0n) is 23.6. The van der Waals surface area contributed by atoms with E-state index < -0.39 is 40.8 Å². The molecule has 0 amide bonds. The third-order valence-corrected chi connectivity index (χ3v) is 7.03. The molecular weight excluding hydrogens is 596 g/mol. The van der Waals surface area contributed by atoms with Gasteiger partial charge in [-0.3, -0.25) is 9.59 Å². The van der Waals surface area contributed by atoms with Crippen molar-refractivity contribution in [2.45, 2.75) is 63.7 Å². The number of H-pyrrole nitrogens is 1. The summed E-state index contributed by atoms with van der Waals surface area (Å²) in [4.78, 5) is 31.7. The van der Waals surface area contributed by atoms with Crippen molar-refractivity contribution in [3.05, 3.63) is 68.9 Å². The first-order valence-electron chi connectivity index (χ1n) is 13.5.